The smallest absolute Gasteiger partial charge is 0.346 e. The van der Waals surface area contributed by atoms with Crippen molar-refractivity contribution in [3.63, 3.8) is 0 Å². The number of anilines is 2. The highest BCUT2D eigenvalue weighted by atomic mass is 16.4. The molecule has 1 aliphatic carbocycles. The fraction of sp³-hybridized carbons (Fsp3) is 0.208. The molecule has 0 amide bonds. The summed E-state index contributed by atoms with van der Waals surface area (Å²) in [6.45, 7) is 0. The fourth-order valence-corrected chi connectivity index (χ4v) is 4.52. The Morgan fingerprint density at radius 3 is 2.47 bits per heavy atom. The molecule has 0 spiro atoms. The molecule has 1 heterocycles. The Bertz CT molecular complexity index is 1110. The number of hydrogen-bond donors (Lipinski definition) is 2. The molecule has 2 atom stereocenters. The molecule has 1 saturated carbocycles. The second kappa shape index (κ2) is 7.88. The van der Waals surface area contributed by atoms with E-state index in [1.165, 1.54) is 11.6 Å². The van der Waals surface area contributed by atoms with E-state index in [1.807, 2.05) is 42.5 Å². The van der Waals surface area contributed by atoms with Crippen molar-refractivity contribution < 1.29 is 19.8 Å². The highest BCUT2D eigenvalue weighted by Crippen LogP contribution is 2.52. The maximum Gasteiger partial charge on any atom is 0.346 e. The lowest BCUT2D eigenvalue weighted by Gasteiger charge is -2.27. The number of hydrogen-bond acceptors (Lipinski definition) is 4. The van der Waals surface area contributed by atoms with Crippen molar-refractivity contribution in [1.82, 2.24) is 0 Å². The molecule has 2 aromatic rings. The van der Waals surface area contributed by atoms with E-state index in [0.717, 1.165) is 42.3 Å². The summed E-state index contributed by atoms with van der Waals surface area (Å²) in [7, 11) is 0. The summed E-state index contributed by atoms with van der Waals surface area (Å²) >= 11 is 0. The lowest BCUT2D eigenvalue weighted by atomic mass is 9.95. The highest BCUT2D eigenvalue weighted by molar-refractivity contribution is 5.96. The van der Waals surface area contributed by atoms with Crippen LogP contribution in [-0.4, -0.2) is 28.2 Å². The van der Waals surface area contributed by atoms with Gasteiger partial charge in [-0.05, 0) is 65.9 Å². The molecule has 2 aromatic carbocycles. The number of rotatable bonds is 5. The molecule has 4 rings (SSSR count). The minimum Gasteiger partial charge on any atom is -0.478 e. The van der Waals surface area contributed by atoms with Gasteiger partial charge in [0.25, 0.3) is 0 Å². The van der Waals surface area contributed by atoms with E-state index in [-0.39, 0.29) is 5.57 Å². The van der Waals surface area contributed by atoms with Crippen LogP contribution in [0.25, 0.3) is 12.2 Å². The van der Waals surface area contributed by atoms with Gasteiger partial charge in [-0.15, -0.1) is 0 Å². The van der Waals surface area contributed by atoms with Crippen LogP contribution in [0.3, 0.4) is 0 Å². The van der Waals surface area contributed by atoms with Crippen LogP contribution in [0, 0.1) is 11.3 Å². The van der Waals surface area contributed by atoms with Gasteiger partial charge in [0.1, 0.15) is 11.6 Å². The largest absolute Gasteiger partial charge is 0.478 e. The topological polar surface area (TPSA) is 102 Å². The zero-order chi connectivity index (χ0) is 21.3. The van der Waals surface area contributed by atoms with E-state index in [9.17, 15) is 9.59 Å². The molecular weight excluding hydrogens is 380 g/mol. The lowest BCUT2D eigenvalue weighted by molar-refractivity contribution is -0.132. The van der Waals surface area contributed by atoms with Crippen LogP contribution in [0.5, 0.6) is 0 Å². The lowest BCUT2D eigenvalue weighted by Crippen LogP contribution is -2.26. The predicted molar refractivity (Wildman–Crippen MR) is 113 cm³/mol. The zero-order valence-corrected chi connectivity index (χ0v) is 16.2. The monoisotopic (exact) mass is 400 g/mol. The molecule has 0 radical (unpaired) electrons. The SMILES string of the molecule is N#C/C(=C\c1ccc2c(c1)C1CCCC1N2c1ccc(C=CC(=O)O)cc1)C(=O)O. The summed E-state index contributed by atoms with van der Waals surface area (Å²) in [6.07, 6.45) is 7.38. The summed E-state index contributed by atoms with van der Waals surface area (Å²) in [4.78, 5) is 24.2. The molecule has 150 valence electrons. The minimum absolute atomic E-state index is 0.280. The van der Waals surface area contributed by atoms with Crippen molar-refractivity contribution in [3.05, 3.63) is 70.8 Å². The van der Waals surface area contributed by atoms with Crippen molar-refractivity contribution in [1.29, 1.82) is 5.26 Å². The Hall–Kier alpha value is -3.85. The summed E-state index contributed by atoms with van der Waals surface area (Å²) in [5, 5.41) is 26.9. The van der Waals surface area contributed by atoms with E-state index in [2.05, 4.69) is 4.90 Å². The Morgan fingerprint density at radius 2 is 1.80 bits per heavy atom. The fourth-order valence-electron chi connectivity index (χ4n) is 4.52. The number of benzene rings is 2. The normalized spacial score (nSPS) is 20.1. The van der Waals surface area contributed by atoms with Crippen molar-refractivity contribution >= 4 is 35.5 Å². The van der Waals surface area contributed by atoms with E-state index < -0.39 is 11.9 Å². The highest BCUT2D eigenvalue weighted by Gasteiger charge is 2.42. The van der Waals surface area contributed by atoms with Gasteiger partial charge in [-0.25, -0.2) is 9.59 Å². The quantitative estimate of drug-likeness (QED) is 0.563. The summed E-state index contributed by atoms with van der Waals surface area (Å²) in [6, 6.07) is 15.7. The van der Waals surface area contributed by atoms with Gasteiger partial charge in [-0.3, -0.25) is 0 Å². The Labute approximate surface area is 174 Å². The van der Waals surface area contributed by atoms with Crippen molar-refractivity contribution in [2.75, 3.05) is 4.90 Å². The van der Waals surface area contributed by atoms with Crippen LogP contribution in [0.15, 0.2) is 54.1 Å². The molecule has 2 unspecified atom stereocenters. The van der Waals surface area contributed by atoms with Gasteiger partial charge in [0.2, 0.25) is 0 Å². The van der Waals surface area contributed by atoms with Crippen molar-refractivity contribution in [3.8, 4) is 6.07 Å². The van der Waals surface area contributed by atoms with E-state index in [1.54, 1.807) is 12.1 Å². The zero-order valence-electron chi connectivity index (χ0n) is 16.2. The molecule has 6 nitrogen and oxygen atoms in total. The first kappa shape index (κ1) is 19.5. The number of aliphatic carboxylic acids is 2. The number of carboxylic acids is 2. The first-order valence-corrected chi connectivity index (χ1v) is 9.77. The summed E-state index contributed by atoms with van der Waals surface area (Å²) < 4.78 is 0. The van der Waals surface area contributed by atoms with Crippen LogP contribution in [0.1, 0.15) is 41.9 Å². The second-order valence-electron chi connectivity index (χ2n) is 7.53. The maximum absolute atomic E-state index is 11.2. The maximum atomic E-state index is 11.2. The summed E-state index contributed by atoms with van der Waals surface area (Å²) in [5.74, 6) is -1.83. The van der Waals surface area contributed by atoms with Crippen LogP contribution >= 0.6 is 0 Å². The number of nitrogens with zero attached hydrogens (tertiary/aromatic N) is 2. The first-order chi connectivity index (χ1) is 14.5. The molecule has 0 saturated heterocycles. The van der Waals surface area contributed by atoms with Crippen LogP contribution in [0.4, 0.5) is 11.4 Å². The molecular formula is C24H20N2O4. The van der Waals surface area contributed by atoms with Crippen LogP contribution < -0.4 is 4.90 Å². The van der Waals surface area contributed by atoms with Gasteiger partial charge in [0.05, 0.1) is 0 Å². The Balaban J connectivity index is 1.70. The Kier molecular flexibility index (Phi) is 5.11. The number of carboxylic acid groups (broad SMARTS) is 2. The second-order valence-corrected chi connectivity index (χ2v) is 7.53. The molecule has 2 aliphatic rings. The van der Waals surface area contributed by atoms with Gasteiger partial charge < -0.3 is 15.1 Å². The van der Waals surface area contributed by atoms with Crippen molar-refractivity contribution in [2.45, 2.75) is 31.2 Å². The van der Waals surface area contributed by atoms with Gasteiger partial charge in [-0.1, -0.05) is 24.6 Å². The van der Waals surface area contributed by atoms with E-state index >= 15 is 0 Å². The molecule has 0 bridgehead atoms. The van der Waals surface area contributed by atoms with Crippen LogP contribution in [0.2, 0.25) is 0 Å². The van der Waals surface area contributed by atoms with Gasteiger partial charge >= 0.3 is 11.9 Å². The predicted octanol–water partition coefficient (Wildman–Crippen LogP) is 4.56. The third kappa shape index (κ3) is 3.58. The molecule has 30 heavy (non-hydrogen) atoms. The molecule has 1 aliphatic heterocycles. The van der Waals surface area contributed by atoms with Crippen LogP contribution in [-0.2, 0) is 9.59 Å². The Morgan fingerprint density at radius 1 is 1.07 bits per heavy atom. The standard InChI is InChI=1S/C24H20N2O4/c25-14-17(24(29)30)12-16-6-10-22-20(13-16)19-2-1-3-21(19)26(22)18-8-4-15(5-9-18)7-11-23(27)28/h4-13,19,21H,1-3H2,(H,27,28)(H,29,30)/b11-7?,17-12+. The third-order valence-electron chi connectivity index (χ3n) is 5.77. The minimum atomic E-state index is -1.23. The number of carbonyl (C=O) groups is 2. The van der Waals surface area contributed by atoms with Gasteiger partial charge in [0, 0.05) is 29.4 Å². The number of fused-ring (bicyclic) bond motifs is 3. The molecule has 0 aromatic heterocycles. The van der Waals surface area contributed by atoms with Crippen molar-refractivity contribution in [2.24, 2.45) is 0 Å². The summed E-state index contributed by atoms with van der Waals surface area (Å²) in [5.41, 5.74) is 4.59. The molecule has 6 heteroatoms. The number of nitriles is 1. The van der Waals surface area contributed by atoms with E-state index in [4.69, 9.17) is 15.5 Å². The van der Waals surface area contributed by atoms with Gasteiger partial charge in [-0.2, -0.15) is 5.26 Å². The molecule has 2 N–H and O–H groups in total. The first-order valence-electron chi connectivity index (χ1n) is 9.77. The van der Waals surface area contributed by atoms with E-state index in [0.29, 0.717) is 17.5 Å². The molecule has 1 fully saturated rings. The van der Waals surface area contributed by atoms with Gasteiger partial charge in [0.15, 0.2) is 0 Å². The average molecular weight is 400 g/mol. The average Bonchev–Trinajstić information content (AvgIpc) is 3.31. The third-order valence-corrected chi connectivity index (χ3v) is 5.77.